The first-order valence-corrected chi connectivity index (χ1v) is 4.80. The molecule has 3 N–H and O–H groups in total. The number of aromatic carboxylic acids is 1. The Morgan fingerprint density at radius 2 is 1.80 bits per heavy atom. The average Bonchev–Trinajstić information content (AvgIpc) is 2.02. The number of hydrogen-bond acceptors (Lipinski definition) is 4. The third kappa shape index (κ3) is 3.83. The summed E-state index contributed by atoms with van der Waals surface area (Å²) in [6.45, 7) is 0. The van der Waals surface area contributed by atoms with Crippen LogP contribution in [0.25, 0.3) is 0 Å². The van der Waals surface area contributed by atoms with Crippen molar-refractivity contribution in [3.63, 3.8) is 0 Å². The Bertz CT molecular complexity index is 480. The van der Waals surface area contributed by atoms with Crippen molar-refractivity contribution in [2.75, 3.05) is 0 Å². The van der Waals surface area contributed by atoms with Gasteiger partial charge in [0.25, 0.3) is 10.1 Å². The van der Waals surface area contributed by atoms with E-state index in [-0.39, 0.29) is 56.9 Å². The summed E-state index contributed by atoms with van der Waals surface area (Å²) in [5.74, 6) is -2.05. The molecule has 0 heterocycles. The summed E-state index contributed by atoms with van der Waals surface area (Å²) in [5, 5.41) is 17.5. The minimum absolute atomic E-state index is 0. The van der Waals surface area contributed by atoms with E-state index in [0.29, 0.717) is 6.07 Å². The van der Waals surface area contributed by atoms with E-state index in [0.717, 1.165) is 12.1 Å². The zero-order valence-corrected chi connectivity index (χ0v) is 7.52. The van der Waals surface area contributed by atoms with Gasteiger partial charge in [-0.05, 0) is 18.2 Å². The molecule has 0 radical (unpaired) electrons. The van der Waals surface area contributed by atoms with Crippen molar-refractivity contribution < 1.29 is 28.0 Å². The molecule has 0 unspecified atom stereocenters. The van der Waals surface area contributed by atoms with Crippen LogP contribution in [0.2, 0.25) is 0 Å². The van der Waals surface area contributed by atoms with Gasteiger partial charge in [-0.1, -0.05) is 0 Å². The summed E-state index contributed by atoms with van der Waals surface area (Å²) in [4.78, 5) is 9.61. The average molecular weight is 258 g/mol. The van der Waals surface area contributed by atoms with Crippen molar-refractivity contribution >= 4 is 67.5 Å². The number of benzene rings is 1. The maximum absolute atomic E-state index is 10.6. The van der Waals surface area contributed by atoms with Crippen LogP contribution >= 0.6 is 0 Å². The molecule has 0 amide bonds. The van der Waals surface area contributed by atoms with E-state index in [1.807, 2.05) is 0 Å². The molecule has 0 aromatic heterocycles. The molecule has 1 rings (SSSR count). The quantitative estimate of drug-likeness (QED) is 0.495. The summed E-state index contributed by atoms with van der Waals surface area (Å²) >= 11 is 0. The van der Waals surface area contributed by atoms with Crippen molar-refractivity contribution in [1.29, 1.82) is 0 Å². The third-order valence-electron chi connectivity index (χ3n) is 1.48. The van der Waals surface area contributed by atoms with Crippen LogP contribution in [0.1, 0.15) is 10.4 Å². The number of phenolic OH excluding ortho intramolecular Hbond substituents is 1. The fourth-order valence-electron chi connectivity index (χ4n) is 0.854. The topological polar surface area (TPSA) is 112 Å². The monoisotopic (exact) mass is 258 g/mol. The molecular weight excluding hydrogens is 251 g/mol. The summed E-state index contributed by atoms with van der Waals surface area (Å²) in [5.41, 5.74) is -0.338. The van der Waals surface area contributed by atoms with Crippen molar-refractivity contribution in [2.45, 2.75) is 4.90 Å². The van der Waals surface area contributed by atoms with Gasteiger partial charge in [0.15, 0.2) is 0 Å². The van der Waals surface area contributed by atoms with Crippen molar-refractivity contribution in [2.24, 2.45) is 0 Å². The third-order valence-corrected chi connectivity index (χ3v) is 2.37. The van der Waals surface area contributed by atoms with E-state index < -0.39 is 26.7 Å². The second-order valence-corrected chi connectivity index (χ2v) is 3.85. The van der Waals surface area contributed by atoms with Gasteiger partial charge in [0.2, 0.25) is 0 Å². The zero-order chi connectivity index (χ0) is 10.9. The molecule has 1 aromatic carbocycles. The van der Waals surface area contributed by atoms with Gasteiger partial charge >= 0.3 is 57.4 Å². The fourth-order valence-corrected chi connectivity index (χ4v) is 1.46. The molecule has 8 heteroatoms. The summed E-state index contributed by atoms with van der Waals surface area (Å²) in [6.07, 6.45) is 0. The molecule has 0 fully saturated rings. The second-order valence-electron chi connectivity index (χ2n) is 2.46. The van der Waals surface area contributed by atoms with Gasteiger partial charge in [-0.25, -0.2) is 4.79 Å². The van der Waals surface area contributed by atoms with E-state index in [9.17, 15) is 13.2 Å². The van der Waals surface area contributed by atoms with Gasteiger partial charge in [0.1, 0.15) is 10.6 Å². The predicted octanol–water partition coefficient (Wildman–Crippen LogP) is -0.311. The van der Waals surface area contributed by atoms with Crippen LogP contribution in [0.4, 0.5) is 0 Å². The summed E-state index contributed by atoms with van der Waals surface area (Å²) in [6, 6.07) is 2.58. The Hall–Kier alpha value is 0.0364. The van der Waals surface area contributed by atoms with E-state index in [4.69, 9.17) is 14.8 Å². The Morgan fingerprint density at radius 1 is 1.27 bits per heavy atom. The minimum atomic E-state index is -4.60. The van der Waals surface area contributed by atoms with E-state index >= 15 is 0 Å². The standard InChI is InChI=1S/C7H6O6S.K.H/c8-5-2-1-4(7(9)10)3-6(5)14(11,12)13;;/h1-3,8H,(H,9,10)(H,11,12,13);;. The first kappa shape index (κ1) is 15.0. The predicted molar refractivity (Wildman–Crippen MR) is 52.0 cm³/mol. The number of carbonyl (C=O) groups is 1. The Labute approximate surface area is 128 Å². The number of aromatic hydroxyl groups is 1. The summed E-state index contributed by atoms with van der Waals surface area (Å²) < 4.78 is 29.9. The molecule has 6 nitrogen and oxygen atoms in total. The van der Waals surface area contributed by atoms with Crippen LogP contribution < -0.4 is 0 Å². The molecule has 0 atom stereocenters. The summed E-state index contributed by atoms with van der Waals surface area (Å²) in [7, 11) is -4.60. The molecule has 0 aliphatic rings. The first-order chi connectivity index (χ1) is 6.32. The van der Waals surface area contributed by atoms with Crippen LogP contribution in [0.3, 0.4) is 0 Å². The molecule has 0 aliphatic carbocycles. The Kier molecular flexibility index (Phi) is 5.40. The van der Waals surface area contributed by atoms with E-state index in [1.165, 1.54) is 0 Å². The molecule has 1 aromatic rings. The molecule has 0 spiro atoms. The van der Waals surface area contributed by atoms with Crippen LogP contribution in [0, 0.1) is 0 Å². The van der Waals surface area contributed by atoms with Crippen molar-refractivity contribution in [3.05, 3.63) is 23.8 Å². The van der Waals surface area contributed by atoms with Crippen molar-refractivity contribution in [3.8, 4) is 5.75 Å². The normalized spacial score (nSPS) is 10.5. The van der Waals surface area contributed by atoms with E-state index in [2.05, 4.69) is 0 Å². The zero-order valence-electron chi connectivity index (χ0n) is 6.71. The number of phenols is 1. The fraction of sp³-hybridized carbons (Fsp3) is 0. The SMILES string of the molecule is O=C(O)c1ccc(O)c(S(=O)(=O)O)c1.[KH]. The second kappa shape index (κ2) is 5.39. The van der Waals surface area contributed by atoms with Crippen LogP contribution in [-0.4, -0.2) is 80.5 Å². The molecule has 0 aliphatic heterocycles. The Morgan fingerprint density at radius 3 is 2.20 bits per heavy atom. The number of carboxylic acid groups (broad SMARTS) is 1. The Balaban J connectivity index is 0.00000196. The first-order valence-electron chi connectivity index (χ1n) is 3.36. The molecule has 78 valence electrons. The van der Waals surface area contributed by atoms with Crippen molar-refractivity contribution in [1.82, 2.24) is 0 Å². The molecular formula is C7H7KO6S. The van der Waals surface area contributed by atoms with E-state index in [1.54, 1.807) is 0 Å². The molecule has 0 saturated heterocycles. The number of rotatable bonds is 2. The van der Waals surface area contributed by atoms with Gasteiger partial charge in [-0.3, -0.25) is 4.55 Å². The number of hydrogen-bond donors (Lipinski definition) is 3. The van der Waals surface area contributed by atoms with Gasteiger partial charge < -0.3 is 10.2 Å². The van der Waals surface area contributed by atoms with Crippen LogP contribution in [-0.2, 0) is 10.1 Å². The maximum atomic E-state index is 10.6. The van der Waals surface area contributed by atoms with Gasteiger partial charge in [0, 0.05) is 0 Å². The van der Waals surface area contributed by atoms with Crippen LogP contribution in [0.5, 0.6) is 5.75 Å². The molecule has 0 bridgehead atoms. The van der Waals surface area contributed by atoms with Gasteiger partial charge in [0.05, 0.1) is 5.56 Å². The number of carboxylic acids is 1. The molecule has 0 saturated carbocycles. The van der Waals surface area contributed by atoms with Gasteiger partial charge in [-0.15, -0.1) is 0 Å². The van der Waals surface area contributed by atoms with Gasteiger partial charge in [-0.2, -0.15) is 8.42 Å². The van der Waals surface area contributed by atoms with Crippen LogP contribution in [0.15, 0.2) is 23.1 Å². The molecule has 15 heavy (non-hydrogen) atoms.